The summed E-state index contributed by atoms with van der Waals surface area (Å²) in [5.41, 5.74) is 1.43. The topological polar surface area (TPSA) is 26.3 Å². The van der Waals surface area contributed by atoms with Crippen LogP contribution in [0.1, 0.15) is 40.0 Å². The molecule has 2 atom stereocenters. The van der Waals surface area contributed by atoms with Gasteiger partial charge in [-0.3, -0.25) is 4.79 Å². The van der Waals surface area contributed by atoms with Crippen molar-refractivity contribution in [3.05, 3.63) is 22.8 Å². The zero-order valence-corrected chi connectivity index (χ0v) is 12.1. The highest BCUT2D eigenvalue weighted by molar-refractivity contribution is 6.29. The molecule has 100 valence electrons. The van der Waals surface area contributed by atoms with Gasteiger partial charge in [-0.2, -0.15) is 0 Å². The van der Waals surface area contributed by atoms with Crippen LogP contribution in [0.4, 0.5) is 0 Å². The maximum absolute atomic E-state index is 12.0. The van der Waals surface area contributed by atoms with Crippen molar-refractivity contribution >= 4 is 17.6 Å². The molecule has 2 aliphatic rings. The second kappa shape index (κ2) is 5.08. The molecule has 0 N–H and O–H groups in total. The van der Waals surface area contributed by atoms with E-state index in [0.717, 1.165) is 24.3 Å². The summed E-state index contributed by atoms with van der Waals surface area (Å²) in [5, 5.41) is 0.890. The van der Waals surface area contributed by atoms with Gasteiger partial charge >= 0.3 is 5.97 Å². The highest BCUT2D eigenvalue weighted by Gasteiger charge is 2.43. The Morgan fingerprint density at radius 1 is 1.50 bits per heavy atom. The van der Waals surface area contributed by atoms with Crippen LogP contribution in [0, 0.1) is 17.3 Å². The minimum Gasteiger partial charge on any atom is -0.466 e. The van der Waals surface area contributed by atoms with Crippen LogP contribution in [0.5, 0.6) is 0 Å². The van der Waals surface area contributed by atoms with Crippen molar-refractivity contribution in [2.24, 2.45) is 17.3 Å². The van der Waals surface area contributed by atoms with E-state index < -0.39 is 0 Å². The molecule has 0 radical (unpaired) electrons. The quantitative estimate of drug-likeness (QED) is 0.706. The molecule has 3 heteroatoms. The SMILES string of the molecule is CCOC(=O)C1CCC(C)(C)C2CC(Cl)=CC=C12. The van der Waals surface area contributed by atoms with Crippen molar-refractivity contribution in [1.82, 2.24) is 0 Å². The number of hydrogen-bond donors (Lipinski definition) is 0. The smallest absolute Gasteiger partial charge is 0.313 e. The average Bonchev–Trinajstić information content (AvgIpc) is 2.30. The molecule has 1 saturated carbocycles. The molecule has 0 aromatic rings. The highest BCUT2D eigenvalue weighted by atomic mass is 35.5. The summed E-state index contributed by atoms with van der Waals surface area (Å²) in [4.78, 5) is 12.0. The zero-order valence-electron chi connectivity index (χ0n) is 11.3. The molecule has 18 heavy (non-hydrogen) atoms. The maximum Gasteiger partial charge on any atom is 0.313 e. The number of rotatable bonds is 2. The van der Waals surface area contributed by atoms with E-state index in [-0.39, 0.29) is 17.3 Å². The Morgan fingerprint density at radius 3 is 2.89 bits per heavy atom. The third-order valence-corrected chi connectivity index (χ3v) is 4.53. The molecule has 1 fully saturated rings. The number of allylic oxidation sites excluding steroid dienone is 3. The Balaban J connectivity index is 2.28. The molecule has 0 aliphatic heterocycles. The fourth-order valence-corrected chi connectivity index (χ4v) is 3.34. The first-order valence-electron chi connectivity index (χ1n) is 6.68. The highest BCUT2D eigenvalue weighted by Crippen LogP contribution is 2.51. The Hall–Kier alpha value is -0.760. The summed E-state index contributed by atoms with van der Waals surface area (Å²) in [7, 11) is 0. The van der Waals surface area contributed by atoms with Crippen molar-refractivity contribution in [1.29, 1.82) is 0 Å². The van der Waals surface area contributed by atoms with Crippen LogP contribution in [0.15, 0.2) is 22.8 Å². The van der Waals surface area contributed by atoms with Crippen LogP contribution >= 0.6 is 11.6 Å². The Labute approximate surface area is 114 Å². The van der Waals surface area contributed by atoms with Gasteiger partial charge in [-0.15, -0.1) is 0 Å². The minimum absolute atomic E-state index is 0.0657. The lowest BCUT2D eigenvalue weighted by molar-refractivity contribution is -0.148. The van der Waals surface area contributed by atoms with E-state index in [1.807, 2.05) is 19.1 Å². The Morgan fingerprint density at radius 2 is 2.22 bits per heavy atom. The van der Waals surface area contributed by atoms with E-state index in [2.05, 4.69) is 13.8 Å². The number of carbonyl (C=O) groups excluding carboxylic acids is 1. The second-order valence-corrected chi connectivity index (χ2v) is 6.35. The molecule has 2 nitrogen and oxygen atoms in total. The van der Waals surface area contributed by atoms with Gasteiger partial charge < -0.3 is 4.74 Å². The Kier molecular flexibility index (Phi) is 3.86. The molecule has 0 heterocycles. The molecule has 2 rings (SSSR count). The molecule has 2 aliphatic carbocycles. The summed E-state index contributed by atoms with van der Waals surface area (Å²) in [6.45, 7) is 6.84. The molecule has 0 aromatic carbocycles. The minimum atomic E-state index is -0.0735. The van der Waals surface area contributed by atoms with Crippen molar-refractivity contribution in [2.45, 2.75) is 40.0 Å². The normalized spacial score (nSPS) is 30.0. The van der Waals surface area contributed by atoms with Gasteiger partial charge in [0.15, 0.2) is 0 Å². The van der Waals surface area contributed by atoms with Gasteiger partial charge in [-0.25, -0.2) is 0 Å². The summed E-state index contributed by atoms with van der Waals surface area (Å²) >= 11 is 6.15. The van der Waals surface area contributed by atoms with E-state index in [9.17, 15) is 4.79 Å². The molecule has 0 saturated heterocycles. The number of hydrogen-bond acceptors (Lipinski definition) is 2. The monoisotopic (exact) mass is 268 g/mol. The van der Waals surface area contributed by atoms with Gasteiger partial charge in [0.05, 0.1) is 12.5 Å². The zero-order chi connectivity index (χ0) is 13.3. The van der Waals surface area contributed by atoms with E-state index in [4.69, 9.17) is 16.3 Å². The molecular weight excluding hydrogens is 248 g/mol. The summed E-state index contributed by atoms with van der Waals surface area (Å²) in [6.07, 6.45) is 6.76. The van der Waals surface area contributed by atoms with Crippen molar-refractivity contribution in [2.75, 3.05) is 6.61 Å². The number of carbonyl (C=O) groups is 1. The van der Waals surface area contributed by atoms with Crippen LogP contribution in [0.25, 0.3) is 0 Å². The van der Waals surface area contributed by atoms with Crippen LogP contribution in [0.3, 0.4) is 0 Å². The van der Waals surface area contributed by atoms with Crippen LogP contribution in [0.2, 0.25) is 0 Å². The maximum atomic E-state index is 12.0. The van der Waals surface area contributed by atoms with Crippen molar-refractivity contribution in [3.63, 3.8) is 0 Å². The molecule has 0 aromatic heterocycles. The fraction of sp³-hybridized carbons (Fsp3) is 0.667. The van der Waals surface area contributed by atoms with Gasteiger partial charge in [0.1, 0.15) is 0 Å². The predicted molar refractivity (Wildman–Crippen MR) is 73.3 cm³/mol. The first-order valence-corrected chi connectivity index (χ1v) is 7.06. The lowest BCUT2D eigenvalue weighted by Crippen LogP contribution is -2.38. The van der Waals surface area contributed by atoms with Crippen molar-refractivity contribution < 1.29 is 9.53 Å². The Bertz CT molecular complexity index is 407. The standard InChI is InChI=1S/C15H21ClO2/c1-4-18-14(17)12-7-8-15(2,3)13-9-10(16)5-6-11(12)13/h5-6,12-13H,4,7-9H2,1-3H3. The van der Waals surface area contributed by atoms with E-state index in [0.29, 0.717) is 12.5 Å². The molecule has 2 unspecified atom stereocenters. The lowest BCUT2D eigenvalue weighted by atomic mass is 9.60. The average molecular weight is 269 g/mol. The largest absolute Gasteiger partial charge is 0.466 e. The molecule has 0 bridgehead atoms. The predicted octanol–water partition coefficient (Wildman–Crippen LogP) is 4.05. The van der Waals surface area contributed by atoms with Gasteiger partial charge in [-0.1, -0.05) is 37.1 Å². The molecule has 0 spiro atoms. The number of esters is 1. The van der Waals surface area contributed by atoms with Crippen molar-refractivity contribution in [3.8, 4) is 0 Å². The third kappa shape index (κ3) is 2.49. The van der Waals surface area contributed by atoms with Gasteiger partial charge in [0.2, 0.25) is 0 Å². The summed E-state index contributed by atoms with van der Waals surface area (Å²) in [5.74, 6) is 0.234. The first-order chi connectivity index (χ1) is 8.45. The fourth-order valence-electron chi connectivity index (χ4n) is 3.12. The van der Waals surface area contributed by atoms with Gasteiger partial charge in [0.25, 0.3) is 0 Å². The second-order valence-electron chi connectivity index (χ2n) is 5.87. The summed E-state index contributed by atoms with van der Waals surface area (Å²) < 4.78 is 5.19. The third-order valence-electron chi connectivity index (χ3n) is 4.25. The van der Waals surface area contributed by atoms with Gasteiger partial charge in [-0.05, 0) is 43.6 Å². The van der Waals surface area contributed by atoms with E-state index in [1.54, 1.807) is 0 Å². The molecule has 0 amide bonds. The van der Waals surface area contributed by atoms with E-state index >= 15 is 0 Å². The van der Waals surface area contributed by atoms with Gasteiger partial charge in [0, 0.05) is 5.03 Å². The summed E-state index contributed by atoms with van der Waals surface area (Å²) in [6, 6.07) is 0. The molecular formula is C15H21ClO2. The van der Waals surface area contributed by atoms with Crippen LogP contribution in [-0.2, 0) is 9.53 Å². The van der Waals surface area contributed by atoms with E-state index in [1.165, 1.54) is 5.57 Å². The number of ether oxygens (including phenoxy) is 1. The first kappa shape index (κ1) is 13.7. The lowest BCUT2D eigenvalue weighted by Gasteiger charge is -2.44. The number of fused-ring (bicyclic) bond motifs is 1. The van der Waals surface area contributed by atoms with Crippen LogP contribution < -0.4 is 0 Å². The number of halogens is 1. The van der Waals surface area contributed by atoms with Crippen LogP contribution in [-0.4, -0.2) is 12.6 Å².